The summed E-state index contributed by atoms with van der Waals surface area (Å²) in [5.74, 6) is -2.07. The van der Waals surface area contributed by atoms with E-state index in [1.165, 1.54) is 6.92 Å². The van der Waals surface area contributed by atoms with E-state index in [-0.39, 0.29) is 42.3 Å². The van der Waals surface area contributed by atoms with Crippen LogP contribution < -0.4 is 0 Å². The molecule has 0 aromatic carbocycles. The van der Waals surface area contributed by atoms with Crippen LogP contribution in [0.2, 0.25) is 0 Å². The standard InChI is InChI=1S/C31H38O8/c1-15(32)7-8-19-24(22-17(3)21(37-6)13-20(22)33)39-27(35)31(19)14-30-12-11-28(31,4)25(30)23-18(9-10-29(30,5)36)16(2)26(34)38-23/h11-12,18-19,21,23-25,36H,2,7-10,13-14H2,1,3-6H3/t18-,19-,21?,23-,24+,25-,28-,29?,30?,31+/m0/s1. The molecule has 2 heterocycles. The van der Waals surface area contributed by atoms with Gasteiger partial charge in [-0.25, -0.2) is 4.79 Å². The fraction of sp³-hybridized carbons (Fsp3) is 0.677. The summed E-state index contributed by atoms with van der Waals surface area (Å²) in [6.07, 6.45) is 4.42. The third-order valence-electron chi connectivity index (χ3n) is 11.6. The largest absolute Gasteiger partial charge is 0.458 e. The van der Waals surface area contributed by atoms with Crippen molar-refractivity contribution < 1.29 is 38.5 Å². The number of ether oxygens (including phenoxy) is 3. The first-order valence-corrected chi connectivity index (χ1v) is 14.1. The quantitative estimate of drug-likeness (QED) is 0.322. The van der Waals surface area contributed by atoms with Gasteiger partial charge in [-0.15, -0.1) is 0 Å². The number of esters is 2. The van der Waals surface area contributed by atoms with E-state index in [2.05, 4.69) is 6.58 Å². The van der Waals surface area contributed by atoms with E-state index in [0.717, 1.165) is 5.57 Å². The smallest absolute Gasteiger partial charge is 0.334 e. The number of carbonyl (C=O) groups is 4. The molecule has 1 N–H and O–H groups in total. The molecule has 6 rings (SSSR count). The molecule has 39 heavy (non-hydrogen) atoms. The number of aliphatic hydroxyl groups is 1. The Kier molecular flexibility index (Phi) is 5.62. The SMILES string of the molecule is C=C1C(=O)O[C@@H]2[C@@H]3C4(C=C[C@]3(C)[C@@]3(C4)C(=O)O[C@@H](C4=C(C)C(OC)CC4=O)[C@@H]3CCC(C)=O)C(C)(O)CC[C@@H]12. The first-order chi connectivity index (χ1) is 18.3. The van der Waals surface area contributed by atoms with Gasteiger partial charge in [0, 0.05) is 59.7 Å². The Balaban J connectivity index is 1.53. The minimum atomic E-state index is -1.19. The van der Waals surface area contributed by atoms with Crippen LogP contribution in [0.1, 0.15) is 66.2 Å². The molecule has 2 bridgehead atoms. The average Bonchev–Trinajstić information content (AvgIpc) is 3.55. The van der Waals surface area contributed by atoms with Crippen molar-refractivity contribution in [3.05, 3.63) is 35.5 Å². The lowest BCUT2D eigenvalue weighted by molar-refractivity contribution is -0.154. The summed E-state index contributed by atoms with van der Waals surface area (Å²) in [4.78, 5) is 52.6. The van der Waals surface area contributed by atoms with Crippen molar-refractivity contribution in [2.45, 2.75) is 90.1 Å². The minimum absolute atomic E-state index is 0.00854. The fourth-order valence-corrected chi connectivity index (χ4v) is 9.61. The zero-order chi connectivity index (χ0) is 28.3. The van der Waals surface area contributed by atoms with E-state index in [4.69, 9.17) is 14.2 Å². The predicted octanol–water partition coefficient (Wildman–Crippen LogP) is 3.41. The molecule has 0 aromatic rings. The number of hydrogen-bond donors (Lipinski definition) is 1. The predicted molar refractivity (Wildman–Crippen MR) is 139 cm³/mol. The summed E-state index contributed by atoms with van der Waals surface area (Å²) < 4.78 is 17.7. The van der Waals surface area contributed by atoms with E-state index in [0.29, 0.717) is 36.8 Å². The first kappa shape index (κ1) is 26.6. The van der Waals surface area contributed by atoms with Crippen LogP contribution in [-0.4, -0.2) is 59.6 Å². The lowest BCUT2D eigenvalue weighted by Crippen LogP contribution is -2.49. The van der Waals surface area contributed by atoms with Crippen LogP contribution in [0.3, 0.4) is 0 Å². The Hall–Kier alpha value is -2.58. The highest BCUT2D eigenvalue weighted by Gasteiger charge is 2.83. The maximum atomic E-state index is 14.3. The number of hydrogen-bond acceptors (Lipinski definition) is 8. The van der Waals surface area contributed by atoms with E-state index >= 15 is 0 Å². The Labute approximate surface area is 228 Å². The molecule has 4 fully saturated rings. The van der Waals surface area contributed by atoms with Crippen LogP contribution in [0.4, 0.5) is 0 Å². The summed E-state index contributed by atoms with van der Waals surface area (Å²) in [6.45, 7) is 11.2. The zero-order valence-electron chi connectivity index (χ0n) is 23.4. The van der Waals surface area contributed by atoms with Crippen molar-refractivity contribution in [2.24, 2.45) is 34.0 Å². The Morgan fingerprint density at radius 2 is 1.92 bits per heavy atom. The number of allylic oxidation sites excluding steroid dienone is 1. The van der Waals surface area contributed by atoms with Crippen LogP contribution in [-0.2, 0) is 33.4 Å². The van der Waals surface area contributed by atoms with Crippen molar-refractivity contribution in [3.8, 4) is 0 Å². The summed E-state index contributed by atoms with van der Waals surface area (Å²) in [6, 6.07) is 0. The van der Waals surface area contributed by atoms with Gasteiger partial charge in [0.1, 0.15) is 18.0 Å². The number of cyclic esters (lactones) is 1. The number of Topliss-reactive ketones (excluding diaryl/α,β-unsaturated/α-hetero) is 2. The van der Waals surface area contributed by atoms with E-state index < -0.39 is 51.9 Å². The summed E-state index contributed by atoms with van der Waals surface area (Å²) in [5.41, 5.74) is -2.36. The van der Waals surface area contributed by atoms with Crippen molar-refractivity contribution in [1.82, 2.24) is 0 Å². The van der Waals surface area contributed by atoms with Crippen molar-refractivity contribution in [3.63, 3.8) is 0 Å². The molecule has 0 amide bonds. The molecule has 3 unspecified atom stereocenters. The maximum Gasteiger partial charge on any atom is 0.334 e. The second-order valence-electron chi connectivity index (χ2n) is 13.2. The van der Waals surface area contributed by atoms with Gasteiger partial charge in [0.25, 0.3) is 0 Å². The van der Waals surface area contributed by atoms with Gasteiger partial charge in [0.05, 0.1) is 17.1 Å². The van der Waals surface area contributed by atoms with E-state index in [9.17, 15) is 24.3 Å². The molecule has 8 heteroatoms. The molecule has 8 nitrogen and oxygen atoms in total. The van der Waals surface area contributed by atoms with Gasteiger partial charge in [-0.2, -0.15) is 0 Å². The normalized spacial score (nSPS) is 48.1. The molecule has 0 radical (unpaired) electrons. The highest BCUT2D eigenvalue weighted by molar-refractivity contribution is 6.02. The van der Waals surface area contributed by atoms with Gasteiger partial charge in [-0.05, 0) is 52.0 Å². The molecule has 10 atom stereocenters. The Bertz CT molecular complexity index is 1270. The molecule has 210 valence electrons. The summed E-state index contributed by atoms with van der Waals surface area (Å²) in [7, 11) is 1.56. The maximum absolute atomic E-state index is 14.3. The third kappa shape index (κ3) is 3.08. The molecule has 2 saturated carbocycles. The highest BCUT2D eigenvalue weighted by Crippen LogP contribution is 2.79. The van der Waals surface area contributed by atoms with Gasteiger partial charge in [-0.1, -0.05) is 25.7 Å². The van der Waals surface area contributed by atoms with E-state index in [1.54, 1.807) is 7.11 Å². The van der Waals surface area contributed by atoms with Crippen LogP contribution >= 0.6 is 0 Å². The fourth-order valence-electron chi connectivity index (χ4n) is 9.61. The molecule has 2 saturated heterocycles. The van der Waals surface area contributed by atoms with Crippen molar-refractivity contribution in [2.75, 3.05) is 7.11 Å². The molecule has 6 aliphatic rings. The highest BCUT2D eigenvalue weighted by atomic mass is 16.6. The monoisotopic (exact) mass is 538 g/mol. The number of ketones is 2. The zero-order valence-corrected chi connectivity index (χ0v) is 23.4. The number of rotatable bonds is 5. The van der Waals surface area contributed by atoms with Gasteiger partial charge in [0.15, 0.2) is 5.78 Å². The van der Waals surface area contributed by atoms with Crippen molar-refractivity contribution in [1.29, 1.82) is 0 Å². The second kappa shape index (κ2) is 8.23. The average molecular weight is 539 g/mol. The first-order valence-electron chi connectivity index (χ1n) is 14.1. The Morgan fingerprint density at radius 3 is 2.56 bits per heavy atom. The summed E-state index contributed by atoms with van der Waals surface area (Å²) in [5, 5.41) is 12.1. The lowest BCUT2D eigenvalue weighted by Gasteiger charge is -2.44. The van der Waals surface area contributed by atoms with Crippen LogP contribution in [0.15, 0.2) is 35.5 Å². The molecule has 4 aliphatic carbocycles. The topological polar surface area (TPSA) is 116 Å². The molecule has 0 aromatic heterocycles. The molecule has 1 spiro atoms. The summed E-state index contributed by atoms with van der Waals surface area (Å²) >= 11 is 0. The lowest BCUT2D eigenvalue weighted by atomic mass is 9.55. The number of carbonyl (C=O) groups excluding carboxylic acids is 4. The van der Waals surface area contributed by atoms with Crippen LogP contribution in [0, 0.1) is 34.0 Å². The third-order valence-corrected chi connectivity index (χ3v) is 11.6. The van der Waals surface area contributed by atoms with Crippen molar-refractivity contribution >= 4 is 23.5 Å². The van der Waals surface area contributed by atoms with Gasteiger partial charge in [0.2, 0.25) is 0 Å². The minimum Gasteiger partial charge on any atom is -0.458 e. The van der Waals surface area contributed by atoms with Gasteiger partial charge < -0.3 is 24.1 Å². The second-order valence-corrected chi connectivity index (χ2v) is 13.2. The number of methoxy groups -OCH3 is 1. The van der Waals surface area contributed by atoms with Gasteiger partial charge >= 0.3 is 11.9 Å². The van der Waals surface area contributed by atoms with Crippen LogP contribution in [0.5, 0.6) is 0 Å². The van der Waals surface area contributed by atoms with E-state index in [1.807, 2.05) is 32.9 Å². The molecular formula is C31H38O8. The Morgan fingerprint density at radius 1 is 1.21 bits per heavy atom. The number of fused-ring (bicyclic) bond motifs is 2. The van der Waals surface area contributed by atoms with Crippen LogP contribution in [0.25, 0.3) is 0 Å². The molecule has 2 aliphatic heterocycles. The van der Waals surface area contributed by atoms with Gasteiger partial charge in [-0.3, -0.25) is 9.59 Å². The molecular weight excluding hydrogens is 500 g/mol.